The van der Waals surface area contributed by atoms with Gasteiger partial charge < -0.3 is 0 Å². The van der Waals surface area contributed by atoms with E-state index in [9.17, 15) is 0 Å². The number of H-pyrrole nitrogens is 1. The second kappa shape index (κ2) is 7.25. The summed E-state index contributed by atoms with van der Waals surface area (Å²) in [5.74, 6) is 0.648. The minimum absolute atomic E-state index is 0.439. The second-order valence-electron chi connectivity index (χ2n) is 5.63. The highest BCUT2D eigenvalue weighted by Gasteiger charge is 2.07. The number of benzene rings is 2. The highest BCUT2D eigenvalue weighted by Crippen LogP contribution is 2.19. The van der Waals surface area contributed by atoms with Gasteiger partial charge >= 0.3 is 0 Å². The molecule has 0 bridgehead atoms. The topological polar surface area (TPSA) is 58.9 Å². The van der Waals surface area contributed by atoms with Gasteiger partial charge in [0.1, 0.15) is 0 Å². The first kappa shape index (κ1) is 16.1. The molecule has 4 aromatic rings. The van der Waals surface area contributed by atoms with Gasteiger partial charge in [-0.1, -0.05) is 54.6 Å². The van der Waals surface area contributed by atoms with E-state index < -0.39 is 0 Å². The van der Waals surface area contributed by atoms with Crippen LogP contribution in [0.3, 0.4) is 0 Å². The maximum Gasteiger partial charge on any atom is 0.216 e. The number of rotatable bonds is 4. The normalized spacial score (nSPS) is 11.1. The van der Waals surface area contributed by atoms with E-state index in [-0.39, 0.29) is 0 Å². The fraction of sp³-hybridized carbons (Fsp3) is 0. The summed E-state index contributed by atoms with van der Waals surface area (Å²) in [5.41, 5.74) is 4.23. The highest BCUT2D eigenvalue weighted by atomic mass is 32.1. The summed E-state index contributed by atoms with van der Waals surface area (Å²) >= 11 is 5.29. The van der Waals surface area contributed by atoms with Crippen molar-refractivity contribution in [2.45, 2.75) is 0 Å². The molecule has 0 spiro atoms. The number of aromatic amines is 1. The van der Waals surface area contributed by atoms with E-state index in [0.29, 0.717) is 10.6 Å². The molecule has 5 nitrogen and oxygen atoms in total. The van der Waals surface area contributed by atoms with Crippen molar-refractivity contribution in [3.63, 3.8) is 0 Å². The molecule has 0 amide bonds. The van der Waals surface area contributed by atoms with Gasteiger partial charge in [-0.15, -0.1) is 0 Å². The fourth-order valence-corrected chi connectivity index (χ4v) is 2.78. The van der Waals surface area contributed by atoms with Crippen LogP contribution in [-0.2, 0) is 0 Å². The molecule has 1 N–H and O–H groups in total. The predicted molar refractivity (Wildman–Crippen MR) is 106 cm³/mol. The molecule has 0 saturated heterocycles. The van der Waals surface area contributed by atoms with E-state index in [1.165, 1.54) is 11.1 Å². The van der Waals surface area contributed by atoms with E-state index in [1.807, 2.05) is 42.5 Å². The van der Waals surface area contributed by atoms with Crippen molar-refractivity contribution in [3.05, 3.63) is 89.5 Å². The zero-order valence-electron chi connectivity index (χ0n) is 13.8. The van der Waals surface area contributed by atoms with Gasteiger partial charge in [-0.3, -0.25) is 4.98 Å². The van der Waals surface area contributed by atoms with Gasteiger partial charge in [0, 0.05) is 18.0 Å². The summed E-state index contributed by atoms with van der Waals surface area (Å²) in [6.07, 6.45) is 5.19. The summed E-state index contributed by atoms with van der Waals surface area (Å²) in [5, 5.41) is 11.5. The smallest absolute Gasteiger partial charge is 0.216 e. The Labute approximate surface area is 155 Å². The standard InChI is InChI=1S/C20H15N5S/c26-20-24-23-19(18-10-12-21-13-11-18)25(20)22-14-15-6-8-17(9-7-15)16-4-2-1-3-5-16/h1-14H,(H,24,26)/b22-14+. The molecule has 2 heterocycles. The first-order chi connectivity index (χ1) is 12.8. The fourth-order valence-electron chi connectivity index (χ4n) is 2.60. The maximum atomic E-state index is 5.29. The zero-order valence-corrected chi connectivity index (χ0v) is 14.6. The Morgan fingerprint density at radius 1 is 0.846 bits per heavy atom. The predicted octanol–water partition coefficient (Wildman–Crippen LogP) is 4.55. The van der Waals surface area contributed by atoms with Crippen molar-refractivity contribution >= 4 is 18.4 Å². The van der Waals surface area contributed by atoms with Crippen molar-refractivity contribution in [1.82, 2.24) is 19.9 Å². The van der Waals surface area contributed by atoms with Gasteiger partial charge in [0.25, 0.3) is 0 Å². The Morgan fingerprint density at radius 2 is 1.54 bits per heavy atom. The van der Waals surface area contributed by atoms with Gasteiger partial charge in [-0.25, -0.2) is 5.10 Å². The molecule has 0 fully saturated rings. The summed E-state index contributed by atoms with van der Waals surface area (Å²) in [6, 6.07) is 22.2. The molecule has 0 aliphatic rings. The van der Waals surface area contributed by atoms with Crippen LogP contribution in [0.4, 0.5) is 0 Å². The number of hydrogen-bond donors (Lipinski definition) is 1. The molecule has 6 heteroatoms. The van der Waals surface area contributed by atoms with E-state index in [0.717, 1.165) is 11.1 Å². The number of nitrogens with zero attached hydrogens (tertiary/aromatic N) is 4. The third-order valence-electron chi connectivity index (χ3n) is 3.93. The highest BCUT2D eigenvalue weighted by molar-refractivity contribution is 7.71. The first-order valence-corrected chi connectivity index (χ1v) is 8.50. The van der Waals surface area contributed by atoms with Crippen molar-refractivity contribution < 1.29 is 0 Å². The molecule has 0 radical (unpaired) electrons. The Morgan fingerprint density at radius 3 is 2.27 bits per heavy atom. The number of pyridine rings is 1. The first-order valence-electron chi connectivity index (χ1n) is 8.09. The van der Waals surface area contributed by atoms with Gasteiger partial charge in [-0.2, -0.15) is 14.9 Å². The lowest BCUT2D eigenvalue weighted by molar-refractivity contribution is 0.871. The summed E-state index contributed by atoms with van der Waals surface area (Å²) in [7, 11) is 0. The van der Waals surface area contributed by atoms with Crippen LogP contribution >= 0.6 is 12.2 Å². The van der Waals surface area contributed by atoms with Crippen LogP contribution in [0.5, 0.6) is 0 Å². The van der Waals surface area contributed by atoms with Crippen LogP contribution < -0.4 is 0 Å². The summed E-state index contributed by atoms with van der Waals surface area (Å²) in [4.78, 5) is 4.02. The molecular formula is C20H15N5S. The minimum Gasteiger partial charge on any atom is -0.265 e. The number of aromatic nitrogens is 4. The SMILES string of the molecule is S=c1[nH]nc(-c2ccncc2)n1/N=C/c1ccc(-c2ccccc2)cc1. The monoisotopic (exact) mass is 357 g/mol. The van der Waals surface area contributed by atoms with Crippen molar-refractivity contribution in [1.29, 1.82) is 0 Å². The lowest BCUT2D eigenvalue weighted by Crippen LogP contribution is -1.95. The van der Waals surface area contributed by atoms with Crippen LogP contribution in [0.1, 0.15) is 5.56 Å². The molecule has 0 aliphatic heterocycles. The van der Waals surface area contributed by atoms with Crippen molar-refractivity contribution in [3.8, 4) is 22.5 Å². The third-order valence-corrected chi connectivity index (χ3v) is 4.19. The van der Waals surface area contributed by atoms with Crippen LogP contribution in [0, 0.1) is 4.77 Å². The molecule has 126 valence electrons. The minimum atomic E-state index is 0.439. The van der Waals surface area contributed by atoms with Gasteiger partial charge in [-0.05, 0) is 41.0 Å². The molecule has 0 atom stereocenters. The van der Waals surface area contributed by atoms with Crippen molar-refractivity contribution in [2.75, 3.05) is 0 Å². The average Bonchev–Trinajstić information content (AvgIpc) is 3.08. The largest absolute Gasteiger partial charge is 0.265 e. The molecule has 4 rings (SSSR count). The summed E-state index contributed by atoms with van der Waals surface area (Å²) in [6.45, 7) is 0. The van der Waals surface area contributed by atoms with E-state index in [4.69, 9.17) is 12.2 Å². The third kappa shape index (κ3) is 3.36. The van der Waals surface area contributed by atoms with Gasteiger partial charge in [0.15, 0.2) is 5.82 Å². The molecule has 0 unspecified atom stereocenters. The maximum absolute atomic E-state index is 5.29. The van der Waals surface area contributed by atoms with E-state index in [2.05, 4.69) is 44.5 Å². The van der Waals surface area contributed by atoms with E-state index >= 15 is 0 Å². The Bertz CT molecular complexity index is 1080. The average molecular weight is 357 g/mol. The zero-order chi connectivity index (χ0) is 17.8. The molecular weight excluding hydrogens is 342 g/mol. The van der Waals surface area contributed by atoms with Gasteiger partial charge in [0.05, 0.1) is 6.21 Å². The lowest BCUT2D eigenvalue weighted by Gasteiger charge is -2.02. The van der Waals surface area contributed by atoms with E-state index in [1.54, 1.807) is 23.3 Å². The Balaban J connectivity index is 1.61. The second-order valence-corrected chi connectivity index (χ2v) is 6.02. The van der Waals surface area contributed by atoms with Gasteiger partial charge in [0.2, 0.25) is 4.77 Å². The quantitative estimate of drug-likeness (QED) is 0.430. The van der Waals surface area contributed by atoms with Crippen LogP contribution in [0.25, 0.3) is 22.5 Å². The molecule has 0 aliphatic carbocycles. The lowest BCUT2D eigenvalue weighted by atomic mass is 10.0. The van der Waals surface area contributed by atoms with Crippen molar-refractivity contribution in [2.24, 2.45) is 5.10 Å². The van der Waals surface area contributed by atoms with Crippen LogP contribution in [0.15, 0.2) is 84.2 Å². The Kier molecular flexibility index (Phi) is 4.49. The Hall–Kier alpha value is -3.38. The van der Waals surface area contributed by atoms with Crippen LogP contribution in [0.2, 0.25) is 0 Å². The molecule has 26 heavy (non-hydrogen) atoms. The molecule has 2 aromatic heterocycles. The molecule has 2 aromatic carbocycles. The summed E-state index contributed by atoms with van der Waals surface area (Å²) < 4.78 is 2.05. The number of hydrogen-bond acceptors (Lipinski definition) is 4. The number of nitrogens with one attached hydrogen (secondary N) is 1. The van der Waals surface area contributed by atoms with Crippen LogP contribution in [-0.4, -0.2) is 26.1 Å². The molecule has 0 saturated carbocycles.